The van der Waals surface area contributed by atoms with Crippen molar-refractivity contribution < 1.29 is 28.5 Å². The number of ether oxygens (including phenoxy) is 5. The van der Waals surface area contributed by atoms with Gasteiger partial charge >= 0.3 is 5.97 Å². The Morgan fingerprint density at radius 2 is 1.76 bits per heavy atom. The van der Waals surface area contributed by atoms with Gasteiger partial charge in [-0.05, 0) is 37.6 Å². The molecule has 0 saturated carbocycles. The topological polar surface area (TPSA) is 105 Å². The minimum atomic E-state index is -0.414. The van der Waals surface area contributed by atoms with Gasteiger partial charge in [0.1, 0.15) is 5.69 Å². The first-order valence-corrected chi connectivity index (χ1v) is 9.46. The molecule has 1 aromatic heterocycles. The number of methoxy groups -OCH3 is 4. The van der Waals surface area contributed by atoms with E-state index in [-0.39, 0.29) is 6.61 Å². The summed E-state index contributed by atoms with van der Waals surface area (Å²) in [7, 11) is 6.30. The van der Waals surface area contributed by atoms with Crippen LogP contribution in [0.2, 0.25) is 0 Å². The van der Waals surface area contributed by atoms with Crippen LogP contribution in [0.5, 0.6) is 17.2 Å². The molecule has 1 aromatic carbocycles. The van der Waals surface area contributed by atoms with Gasteiger partial charge in [0.05, 0.1) is 34.5 Å². The SMILES string of the molecule is CCOC(=O)c1[nH]c(CCN)c(-c2ccc(OC)c(OC)c2OC)c1CCOC. The molecule has 0 aliphatic heterocycles. The van der Waals surface area contributed by atoms with E-state index in [2.05, 4.69) is 4.98 Å². The summed E-state index contributed by atoms with van der Waals surface area (Å²) in [6.45, 7) is 2.90. The predicted octanol–water partition coefficient (Wildman–Crippen LogP) is 2.57. The summed E-state index contributed by atoms with van der Waals surface area (Å²) >= 11 is 0. The lowest BCUT2D eigenvalue weighted by molar-refractivity contribution is 0.0518. The lowest BCUT2D eigenvalue weighted by Crippen LogP contribution is -2.09. The molecule has 2 aromatic rings. The molecule has 0 unspecified atom stereocenters. The number of H-pyrrole nitrogens is 1. The summed E-state index contributed by atoms with van der Waals surface area (Å²) in [5, 5.41) is 0. The van der Waals surface area contributed by atoms with Gasteiger partial charge in [-0.2, -0.15) is 0 Å². The van der Waals surface area contributed by atoms with Gasteiger partial charge in [0, 0.05) is 30.4 Å². The van der Waals surface area contributed by atoms with E-state index < -0.39 is 5.97 Å². The minimum absolute atomic E-state index is 0.281. The fourth-order valence-electron chi connectivity index (χ4n) is 3.38. The fourth-order valence-corrected chi connectivity index (χ4v) is 3.38. The summed E-state index contributed by atoms with van der Waals surface area (Å²) in [5.74, 6) is 1.12. The summed E-state index contributed by atoms with van der Waals surface area (Å²) < 4.78 is 27.1. The normalized spacial score (nSPS) is 10.7. The Kier molecular flexibility index (Phi) is 8.35. The molecular formula is C21H30N2O6. The van der Waals surface area contributed by atoms with Gasteiger partial charge in [-0.3, -0.25) is 0 Å². The maximum Gasteiger partial charge on any atom is 0.355 e. The van der Waals surface area contributed by atoms with E-state index in [9.17, 15) is 4.79 Å². The van der Waals surface area contributed by atoms with E-state index in [1.54, 1.807) is 41.4 Å². The van der Waals surface area contributed by atoms with Crippen LogP contribution in [0.15, 0.2) is 12.1 Å². The standard InChI is InChI=1S/C21H30N2O6/c1-6-29-21(24)18-13(10-12-25-2)17(15(23-18)9-11-22)14-7-8-16(26-3)20(28-5)19(14)27-4/h7-8,23H,6,9-12,22H2,1-5H3. The van der Waals surface area contributed by atoms with Crippen molar-refractivity contribution in [3.05, 3.63) is 29.1 Å². The highest BCUT2D eigenvalue weighted by Crippen LogP contribution is 2.46. The number of nitrogens with one attached hydrogen (secondary N) is 1. The Labute approximate surface area is 171 Å². The summed E-state index contributed by atoms with van der Waals surface area (Å²) in [6, 6.07) is 3.69. The Morgan fingerprint density at radius 3 is 2.31 bits per heavy atom. The Morgan fingerprint density at radius 1 is 1.03 bits per heavy atom. The number of aromatic nitrogens is 1. The molecule has 0 fully saturated rings. The van der Waals surface area contributed by atoms with Gasteiger partial charge in [0.25, 0.3) is 0 Å². The monoisotopic (exact) mass is 406 g/mol. The zero-order valence-corrected chi connectivity index (χ0v) is 17.7. The average Bonchev–Trinajstić information content (AvgIpc) is 3.09. The number of rotatable bonds is 11. The first-order chi connectivity index (χ1) is 14.1. The lowest BCUT2D eigenvalue weighted by Gasteiger charge is -2.17. The third kappa shape index (κ3) is 4.65. The van der Waals surface area contributed by atoms with Crippen LogP contribution < -0.4 is 19.9 Å². The average molecular weight is 406 g/mol. The van der Waals surface area contributed by atoms with Gasteiger partial charge < -0.3 is 34.4 Å². The van der Waals surface area contributed by atoms with Crippen molar-refractivity contribution in [2.24, 2.45) is 5.73 Å². The summed E-state index contributed by atoms with van der Waals surface area (Å²) in [4.78, 5) is 15.8. The van der Waals surface area contributed by atoms with Crippen molar-refractivity contribution in [3.63, 3.8) is 0 Å². The molecule has 0 aliphatic carbocycles. The van der Waals surface area contributed by atoms with Crippen LogP contribution in [0, 0.1) is 0 Å². The molecule has 0 amide bonds. The van der Waals surface area contributed by atoms with Crippen LogP contribution in [0.1, 0.15) is 28.7 Å². The molecule has 0 bridgehead atoms. The second-order valence-electron chi connectivity index (χ2n) is 6.22. The zero-order valence-electron chi connectivity index (χ0n) is 17.7. The largest absolute Gasteiger partial charge is 0.493 e. The number of hydrogen-bond donors (Lipinski definition) is 2. The number of aromatic amines is 1. The lowest BCUT2D eigenvalue weighted by atomic mass is 9.95. The van der Waals surface area contributed by atoms with E-state index in [1.165, 1.54) is 0 Å². The quantitative estimate of drug-likeness (QED) is 0.553. The molecule has 160 valence electrons. The van der Waals surface area contributed by atoms with E-state index in [0.29, 0.717) is 48.9 Å². The molecule has 0 saturated heterocycles. The molecule has 0 radical (unpaired) electrons. The van der Waals surface area contributed by atoms with Gasteiger partial charge in [-0.1, -0.05) is 0 Å². The molecule has 2 rings (SSSR count). The summed E-state index contributed by atoms with van der Waals surface area (Å²) in [6.07, 6.45) is 1.06. The second kappa shape index (κ2) is 10.7. The fraction of sp³-hybridized carbons (Fsp3) is 0.476. The van der Waals surface area contributed by atoms with Crippen molar-refractivity contribution in [2.45, 2.75) is 19.8 Å². The highest BCUT2D eigenvalue weighted by molar-refractivity contribution is 5.94. The number of benzene rings is 1. The van der Waals surface area contributed by atoms with E-state index in [1.807, 2.05) is 6.07 Å². The van der Waals surface area contributed by atoms with Crippen LogP contribution in [0.25, 0.3) is 11.1 Å². The minimum Gasteiger partial charge on any atom is -0.493 e. The second-order valence-corrected chi connectivity index (χ2v) is 6.22. The maximum atomic E-state index is 12.6. The van der Waals surface area contributed by atoms with Crippen LogP contribution in [-0.4, -0.2) is 59.2 Å². The maximum absolute atomic E-state index is 12.6. The van der Waals surface area contributed by atoms with Gasteiger partial charge in [-0.15, -0.1) is 0 Å². The van der Waals surface area contributed by atoms with Crippen molar-refractivity contribution in [3.8, 4) is 28.4 Å². The van der Waals surface area contributed by atoms with E-state index in [0.717, 1.165) is 22.4 Å². The van der Waals surface area contributed by atoms with Gasteiger partial charge in [-0.25, -0.2) is 4.79 Å². The van der Waals surface area contributed by atoms with E-state index >= 15 is 0 Å². The van der Waals surface area contributed by atoms with Crippen molar-refractivity contribution in [2.75, 3.05) is 48.2 Å². The van der Waals surface area contributed by atoms with Crippen molar-refractivity contribution in [1.82, 2.24) is 4.98 Å². The molecule has 29 heavy (non-hydrogen) atoms. The third-order valence-corrected chi connectivity index (χ3v) is 4.58. The molecule has 3 N–H and O–H groups in total. The van der Waals surface area contributed by atoms with Crippen LogP contribution in [0.3, 0.4) is 0 Å². The molecule has 8 nitrogen and oxygen atoms in total. The highest BCUT2D eigenvalue weighted by Gasteiger charge is 2.27. The first-order valence-electron chi connectivity index (χ1n) is 9.46. The number of carbonyl (C=O) groups excluding carboxylic acids is 1. The highest BCUT2D eigenvalue weighted by atomic mass is 16.5. The Balaban J connectivity index is 2.80. The van der Waals surface area contributed by atoms with Gasteiger partial charge in [0.2, 0.25) is 5.75 Å². The van der Waals surface area contributed by atoms with E-state index in [4.69, 9.17) is 29.4 Å². The third-order valence-electron chi connectivity index (χ3n) is 4.58. The Hall–Kier alpha value is -2.71. The number of esters is 1. The molecule has 0 spiro atoms. The van der Waals surface area contributed by atoms with Crippen LogP contribution >= 0.6 is 0 Å². The van der Waals surface area contributed by atoms with Crippen molar-refractivity contribution >= 4 is 5.97 Å². The molecule has 0 aliphatic rings. The molecular weight excluding hydrogens is 376 g/mol. The molecule has 8 heteroatoms. The van der Waals surface area contributed by atoms with Crippen molar-refractivity contribution in [1.29, 1.82) is 0 Å². The number of nitrogens with two attached hydrogens (primary N) is 1. The molecule has 1 heterocycles. The summed E-state index contributed by atoms with van der Waals surface area (Å²) in [5.41, 5.74) is 9.47. The number of carbonyl (C=O) groups is 1. The first kappa shape index (κ1) is 22.6. The van der Waals surface area contributed by atoms with Gasteiger partial charge in [0.15, 0.2) is 11.5 Å². The molecule has 0 atom stereocenters. The predicted molar refractivity (Wildman–Crippen MR) is 110 cm³/mol. The van der Waals surface area contributed by atoms with Crippen LogP contribution in [-0.2, 0) is 22.3 Å². The number of hydrogen-bond acceptors (Lipinski definition) is 7. The zero-order chi connectivity index (χ0) is 21.4. The Bertz CT molecular complexity index is 831. The smallest absolute Gasteiger partial charge is 0.355 e. The van der Waals surface area contributed by atoms with Crippen LogP contribution in [0.4, 0.5) is 0 Å².